The van der Waals surface area contributed by atoms with E-state index in [1.807, 2.05) is 11.3 Å². The fourth-order valence-electron chi connectivity index (χ4n) is 2.05. The van der Waals surface area contributed by atoms with Crippen molar-refractivity contribution in [1.82, 2.24) is 4.90 Å². The molecule has 0 aromatic carbocycles. The van der Waals surface area contributed by atoms with Crippen LogP contribution < -0.4 is 5.73 Å². The second-order valence-electron chi connectivity index (χ2n) is 4.78. The average Bonchev–Trinajstić information content (AvgIpc) is 3.05. The van der Waals surface area contributed by atoms with Gasteiger partial charge in [-0.3, -0.25) is 4.90 Å². The van der Waals surface area contributed by atoms with Crippen LogP contribution in [-0.2, 0) is 11.3 Å². The first-order valence-corrected chi connectivity index (χ1v) is 7.18. The van der Waals surface area contributed by atoms with Crippen molar-refractivity contribution < 1.29 is 4.74 Å². The van der Waals surface area contributed by atoms with Gasteiger partial charge in [0.25, 0.3) is 0 Å². The second-order valence-corrected chi connectivity index (χ2v) is 5.81. The van der Waals surface area contributed by atoms with Crippen LogP contribution in [0.4, 0.5) is 0 Å². The molecule has 0 saturated heterocycles. The Morgan fingerprint density at radius 1 is 1.59 bits per heavy atom. The molecule has 1 aliphatic rings. The zero-order chi connectivity index (χ0) is 12.1. The van der Waals surface area contributed by atoms with Crippen LogP contribution >= 0.6 is 11.3 Å². The topological polar surface area (TPSA) is 38.5 Å². The van der Waals surface area contributed by atoms with Crippen molar-refractivity contribution in [3.63, 3.8) is 0 Å². The van der Waals surface area contributed by atoms with Crippen molar-refractivity contribution in [2.75, 3.05) is 20.3 Å². The molecule has 1 saturated carbocycles. The highest BCUT2D eigenvalue weighted by molar-refractivity contribution is 7.09. The average molecular weight is 254 g/mol. The van der Waals surface area contributed by atoms with Crippen LogP contribution in [0.3, 0.4) is 0 Å². The molecule has 1 fully saturated rings. The molecule has 1 unspecified atom stereocenters. The van der Waals surface area contributed by atoms with Gasteiger partial charge in [0, 0.05) is 43.8 Å². The van der Waals surface area contributed by atoms with E-state index >= 15 is 0 Å². The first-order valence-electron chi connectivity index (χ1n) is 6.30. The third-order valence-corrected chi connectivity index (χ3v) is 4.03. The molecule has 1 aromatic rings. The molecule has 0 aliphatic heterocycles. The van der Waals surface area contributed by atoms with Crippen LogP contribution in [0, 0.1) is 0 Å². The normalized spacial score (nSPS) is 17.6. The van der Waals surface area contributed by atoms with E-state index in [0.717, 1.165) is 32.2 Å². The lowest BCUT2D eigenvalue weighted by Crippen LogP contribution is -2.39. The van der Waals surface area contributed by atoms with E-state index in [9.17, 15) is 0 Å². The van der Waals surface area contributed by atoms with E-state index in [0.29, 0.717) is 0 Å². The second kappa shape index (κ2) is 6.50. The highest BCUT2D eigenvalue weighted by atomic mass is 32.1. The van der Waals surface area contributed by atoms with E-state index < -0.39 is 0 Å². The Kier molecular flexibility index (Phi) is 4.98. The Balaban J connectivity index is 1.80. The first-order chi connectivity index (χ1) is 8.29. The van der Waals surface area contributed by atoms with Crippen LogP contribution in [0.25, 0.3) is 0 Å². The smallest absolute Gasteiger partial charge is 0.0477 e. The molecule has 1 aromatic heterocycles. The first kappa shape index (κ1) is 13.0. The number of nitrogens with two attached hydrogens (primary N) is 1. The van der Waals surface area contributed by atoms with Crippen molar-refractivity contribution in [2.45, 2.75) is 37.9 Å². The highest BCUT2D eigenvalue weighted by Gasteiger charge is 2.29. The summed E-state index contributed by atoms with van der Waals surface area (Å²) < 4.78 is 5.08. The molecule has 1 heterocycles. The minimum Gasteiger partial charge on any atom is -0.385 e. The zero-order valence-electron chi connectivity index (χ0n) is 10.5. The predicted octanol–water partition coefficient (Wildman–Crippen LogP) is 2.08. The Hall–Kier alpha value is -0.420. The van der Waals surface area contributed by atoms with Crippen molar-refractivity contribution in [1.29, 1.82) is 0 Å². The molecule has 0 bridgehead atoms. The number of rotatable bonds is 8. The molecule has 1 aliphatic carbocycles. The van der Waals surface area contributed by atoms with Gasteiger partial charge in [-0.05, 0) is 30.7 Å². The van der Waals surface area contributed by atoms with Gasteiger partial charge in [0.2, 0.25) is 0 Å². The number of thiophene rings is 1. The van der Waals surface area contributed by atoms with E-state index in [1.54, 1.807) is 7.11 Å². The lowest BCUT2D eigenvalue weighted by molar-refractivity contribution is 0.171. The third-order valence-electron chi connectivity index (χ3n) is 3.16. The van der Waals surface area contributed by atoms with Crippen molar-refractivity contribution in [2.24, 2.45) is 5.73 Å². The molecule has 3 nitrogen and oxygen atoms in total. The van der Waals surface area contributed by atoms with E-state index in [-0.39, 0.29) is 6.04 Å². The van der Waals surface area contributed by atoms with E-state index in [2.05, 4.69) is 22.4 Å². The van der Waals surface area contributed by atoms with Crippen LogP contribution in [0.2, 0.25) is 0 Å². The molecular formula is C13H22N2OS. The van der Waals surface area contributed by atoms with Crippen LogP contribution in [0.15, 0.2) is 17.5 Å². The fraction of sp³-hybridized carbons (Fsp3) is 0.692. The maximum atomic E-state index is 6.14. The molecule has 96 valence electrons. The molecule has 0 radical (unpaired) electrons. The SMILES string of the molecule is COCCC(N)CN(Cc1cccs1)C1CC1. The summed E-state index contributed by atoms with van der Waals surface area (Å²) in [6.45, 7) is 2.81. The molecular weight excluding hydrogens is 232 g/mol. The van der Waals surface area contributed by atoms with Crippen LogP contribution in [-0.4, -0.2) is 37.2 Å². The summed E-state index contributed by atoms with van der Waals surface area (Å²) >= 11 is 1.83. The molecule has 0 spiro atoms. The number of hydrogen-bond donors (Lipinski definition) is 1. The largest absolute Gasteiger partial charge is 0.385 e. The number of methoxy groups -OCH3 is 1. The maximum Gasteiger partial charge on any atom is 0.0477 e. The van der Waals surface area contributed by atoms with E-state index in [4.69, 9.17) is 10.5 Å². The van der Waals surface area contributed by atoms with Gasteiger partial charge in [-0.25, -0.2) is 0 Å². The monoisotopic (exact) mass is 254 g/mol. The Morgan fingerprint density at radius 2 is 2.41 bits per heavy atom. The van der Waals surface area contributed by atoms with Gasteiger partial charge in [0.05, 0.1) is 0 Å². The molecule has 4 heteroatoms. The minimum absolute atomic E-state index is 0.232. The fourth-order valence-corrected chi connectivity index (χ4v) is 2.78. The van der Waals surface area contributed by atoms with Crippen LogP contribution in [0.1, 0.15) is 24.1 Å². The maximum absolute atomic E-state index is 6.14. The summed E-state index contributed by atoms with van der Waals surface area (Å²) in [4.78, 5) is 3.97. The van der Waals surface area contributed by atoms with Gasteiger partial charge in [0.1, 0.15) is 0 Å². The third kappa shape index (κ3) is 4.39. The van der Waals surface area contributed by atoms with Gasteiger partial charge in [0.15, 0.2) is 0 Å². The standard InChI is InChI=1S/C13H22N2OS/c1-16-7-6-11(14)9-15(12-4-5-12)10-13-3-2-8-17-13/h2-3,8,11-12H,4-7,9-10,14H2,1H3. The van der Waals surface area contributed by atoms with E-state index in [1.165, 1.54) is 17.7 Å². The van der Waals surface area contributed by atoms with Crippen molar-refractivity contribution in [3.05, 3.63) is 22.4 Å². The molecule has 1 atom stereocenters. The lowest BCUT2D eigenvalue weighted by Gasteiger charge is -2.24. The summed E-state index contributed by atoms with van der Waals surface area (Å²) in [5.74, 6) is 0. The minimum atomic E-state index is 0.232. The van der Waals surface area contributed by atoms with Gasteiger partial charge in [-0.1, -0.05) is 6.07 Å². The zero-order valence-corrected chi connectivity index (χ0v) is 11.3. The number of hydrogen-bond acceptors (Lipinski definition) is 4. The van der Waals surface area contributed by atoms with Gasteiger partial charge >= 0.3 is 0 Å². The van der Waals surface area contributed by atoms with Crippen molar-refractivity contribution >= 4 is 11.3 Å². The predicted molar refractivity (Wildman–Crippen MR) is 72.2 cm³/mol. The summed E-state index contributed by atoms with van der Waals surface area (Å²) in [6.07, 6.45) is 3.62. The van der Waals surface area contributed by atoms with Crippen molar-refractivity contribution in [3.8, 4) is 0 Å². The molecule has 17 heavy (non-hydrogen) atoms. The Bertz CT molecular complexity index is 311. The number of ether oxygens (including phenoxy) is 1. The molecule has 0 amide bonds. The molecule has 2 rings (SSSR count). The lowest BCUT2D eigenvalue weighted by atomic mass is 10.2. The van der Waals surface area contributed by atoms with Gasteiger partial charge in [-0.2, -0.15) is 0 Å². The summed E-state index contributed by atoms with van der Waals surface area (Å²) in [5, 5.41) is 2.14. The summed E-state index contributed by atoms with van der Waals surface area (Å²) in [6, 6.07) is 5.33. The van der Waals surface area contributed by atoms with Gasteiger partial charge in [-0.15, -0.1) is 11.3 Å². The highest BCUT2D eigenvalue weighted by Crippen LogP contribution is 2.29. The number of nitrogens with zero attached hydrogens (tertiary/aromatic N) is 1. The Morgan fingerprint density at radius 3 is 3.00 bits per heavy atom. The Labute approximate surface area is 108 Å². The summed E-state index contributed by atoms with van der Waals surface area (Å²) in [7, 11) is 1.73. The quantitative estimate of drug-likeness (QED) is 0.772. The summed E-state index contributed by atoms with van der Waals surface area (Å²) in [5.41, 5.74) is 6.14. The van der Waals surface area contributed by atoms with Crippen LogP contribution in [0.5, 0.6) is 0 Å². The molecule has 2 N–H and O–H groups in total. The van der Waals surface area contributed by atoms with Gasteiger partial charge < -0.3 is 10.5 Å².